The maximum Gasteiger partial charge on any atom is 0.315 e. The molecule has 3 N–H and O–H groups in total. The maximum absolute atomic E-state index is 11.5. The third kappa shape index (κ3) is 6.98. The fourth-order valence-corrected chi connectivity index (χ4v) is 2.06. The van der Waals surface area contributed by atoms with E-state index < -0.39 is 10.0 Å². The number of hydrogen-bond donors (Lipinski definition) is 3. The number of carbonyl (C=O) groups is 1. The van der Waals surface area contributed by atoms with Gasteiger partial charge in [-0.25, -0.2) is 13.2 Å². The topological polar surface area (TPSA) is 87.3 Å². The average molecular weight is 299 g/mol. The van der Waals surface area contributed by atoms with Crippen molar-refractivity contribution < 1.29 is 13.2 Å². The highest BCUT2D eigenvalue weighted by Gasteiger charge is 2.04. The third-order valence-corrected chi connectivity index (χ3v) is 2.96. The molecule has 20 heavy (non-hydrogen) atoms. The highest BCUT2D eigenvalue weighted by atomic mass is 32.2. The molecule has 1 aromatic carbocycles. The number of sulfonamides is 1. The fraction of sp³-hybridized carbons (Fsp3) is 0.462. The Hall–Kier alpha value is -1.76. The van der Waals surface area contributed by atoms with E-state index >= 15 is 0 Å². The van der Waals surface area contributed by atoms with E-state index in [4.69, 9.17) is 0 Å². The van der Waals surface area contributed by atoms with Gasteiger partial charge in [0.25, 0.3) is 0 Å². The predicted octanol–water partition coefficient (Wildman–Crippen LogP) is 1.51. The van der Waals surface area contributed by atoms with Crippen LogP contribution in [0.15, 0.2) is 24.3 Å². The maximum atomic E-state index is 11.5. The summed E-state index contributed by atoms with van der Waals surface area (Å²) >= 11 is 0. The summed E-state index contributed by atoms with van der Waals surface area (Å²) in [6, 6.07) is 6.65. The minimum Gasteiger partial charge on any atom is -0.338 e. The molecule has 1 rings (SSSR count). The van der Waals surface area contributed by atoms with E-state index in [9.17, 15) is 13.2 Å². The van der Waals surface area contributed by atoms with Crippen molar-refractivity contribution in [2.24, 2.45) is 5.92 Å². The molecular formula is C13H21N3O3S. The van der Waals surface area contributed by atoms with Crippen molar-refractivity contribution in [3.63, 3.8) is 0 Å². The molecule has 0 unspecified atom stereocenters. The first-order chi connectivity index (χ1) is 9.26. The summed E-state index contributed by atoms with van der Waals surface area (Å²) in [7, 11) is -3.29. The first kappa shape index (κ1) is 16.3. The molecule has 2 amide bonds. The Kier molecular flexibility index (Phi) is 5.82. The molecule has 0 aliphatic carbocycles. The lowest BCUT2D eigenvalue weighted by molar-refractivity contribution is 0.239. The number of nitrogens with one attached hydrogen (secondary N) is 3. The van der Waals surface area contributed by atoms with Gasteiger partial charge in [-0.2, -0.15) is 0 Å². The van der Waals surface area contributed by atoms with E-state index in [0.29, 0.717) is 24.7 Å². The van der Waals surface area contributed by atoms with E-state index in [1.54, 1.807) is 18.2 Å². The molecule has 0 aromatic heterocycles. The molecule has 0 aliphatic rings. The van der Waals surface area contributed by atoms with Gasteiger partial charge < -0.3 is 10.6 Å². The summed E-state index contributed by atoms with van der Waals surface area (Å²) in [5, 5.41) is 5.46. The van der Waals surface area contributed by atoms with Crippen LogP contribution in [0.25, 0.3) is 0 Å². The number of urea groups is 1. The molecular weight excluding hydrogens is 278 g/mol. The smallest absolute Gasteiger partial charge is 0.315 e. The molecule has 6 nitrogen and oxygen atoms in total. The standard InChI is InChI=1S/C13H21N3O3S/c1-10(2)8-14-13(17)15-9-11-5-4-6-12(7-11)16-20(3,18)19/h4-7,10,16H,8-9H2,1-3H3,(H2,14,15,17). The van der Waals surface area contributed by atoms with Crippen molar-refractivity contribution in [1.29, 1.82) is 0 Å². The number of benzene rings is 1. The number of hydrogen-bond acceptors (Lipinski definition) is 3. The molecule has 0 bridgehead atoms. The average Bonchev–Trinajstić information content (AvgIpc) is 2.32. The van der Waals surface area contributed by atoms with Crippen LogP contribution in [0.2, 0.25) is 0 Å². The second-order valence-corrected chi connectivity index (χ2v) is 6.78. The zero-order chi connectivity index (χ0) is 15.2. The van der Waals surface area contributed by atoms with E-state index in [1.165, 1.54) is 0 Å². The Labute approximate surface area is 120 Å². The van der Waals surface area contributed by atoms with Gasteiger partial charge in [-0.1, -0.05) is 26.0 Å². The lowest BCUT2D eigenvalue weighted by Gasteiger charge is -2.10. The molecule has 0 spiro atoms. The minimum atomic E-state index is -3.29. The Morgan fingerprint density at radius 2 is 1.95 bits per heavy atom. The number of carbonyl (C=O) groups excluding carboxylic acids is 1. The number of anilines is 1. The van der Waals surface area contributed by atoms with Crippen LogP contribution in [0, 0.1) is 5.92 Å². The lowest BCUT2D eigenvalue weighted by atomic mass is 10.2. The van der Waals surface area contributed by atoms with Crippen LogP contribution in [-0.4, -0.2) is 27.2 Å². The minimum absolute atomic E-state index is 0.236. The largest absolute Gasteiger partial charge is 0.338 e. The van der Waals surface area contributed by atoms with Gasteiger partial charge in [0, 0.05) is 18.8 Å². The molecule has 7 heteroatoms. The predicted molar refractivity (Wildman–Crippen MR) is 80.0 cm³/mol. The van der Waals surface area contributed by atoms with Gasteiger partial charge in [-0.3, -0.25) is 4.72 Å². The summed E-state index contributed by atoms with van der Waals surface area (Å²) < 4.78 is 24.7. The first-order valence-corrected chi connectivity index (χ1v) is 8.24. The quantitative estimate of drug-likeness (QED) is 0.744. The van der Waals surface area contributed by atoms with Gasteiger partial charge in [0.15, 0.2) is 0 Å². The van der Waals surface area contributed by atoms with E-state index in [2.05, 4.69) is 15.4 Å². The molecule has 0 aliphatic heterocycles. The highest BCUT2D eigenvalue weighted by molar-refractivity contribution is 7.92. The van der Waals surface area contributed by atoms with Crippen LogP contribution < -0.4 is 15.4 Å². The fourth-order valence-electron chi connectivity index (χ4n) is 1.50. The molecule has 0 radical (unpaired) electrons. The second-order valence-electron chi connectivity index (χ2n) is 5.03. The van der Waals surface area contributed by atoms with Crippen molar-refractivity contribution in [3.8, 4) is 0 Å². The van der Waals surface area contributed by atoms with Crippen molar-refractivity contribution in [3.05, 3.63) is 29.8 Å². The van der Waals surface area contributed by atoms with Crippen molar-refractivity contribution in [1.82, 2.24) is 10.6 Å². The van der Waals surface area contributed by atoms with Gasteiger partial charge in [-0.15, -0.1) is 0 Å². The van der Waals surface area contributed by atoms with Crippen LogP contribution in [0.4, 0.5) is 10.5 Å². The van der Waals surface area contributed by atoms with E-state index in [1.807, 2.05) is 19.9 Å². The van der Waals surface area contributed by atoms with Gasteiger partial charge in [-0.05, 0) is 23.6 Å². The third-order valence-electron chi connectivity index (χ3n) is 2.35. The van der Waals surface area contributed by atoms with E-state index in [-0.39, 0.29) is 6.03 Å². The SMILES string of the molecule is CC(C)CNC(=O)NCc1cccc(NS(C)(=O)=O)c1. The number of rotatable bonds is 6. The van der Waals surface area contributed by atoms with Gasteiger partial charge in [0.1, 0.15) is 0 Å². The van der Waals surface area contributed by atoms with E-state index in [0.717, 1.165) is 11.8 Å². The first-order valence-electron chi connectivity index (χ1n) is 6.34. The normalized spacial score (nSPS) is 11.2. The van der Waals surface area contributed by atoms with Crippen LogP contribution in [-0.2, 0) is 16.6 Å². The summed E-state index contributed by atoms with van der Waals surface area (Å²) in [4.78, 5) is 11.5. The Morgan fingerprint density at radius 1 is 1.25 bits per heavy atom. The summed E-state index contributed by atoms with van der Waals surface area (Å²) in [6.07, 6.45) is 1.09. The second kappa shape index (κ2) is 7.14. The monoisotopic (exact) mass is 299 g/mol. The molecule has 112 valence electrons. The lowest BCUT2D eigenvalue weighted by Crippen LogP contribution is -2.37. The van der Waals surface area contributed by atoms with Crippen molar-refractivity contribution in [2.45, 2.75) is 20.4 Å². The molecule has 0 saturated heterocycles. The summed E-state index contributed by atoms with van der Waals surface area (Å²) in [5.41, 5.74) is 1.30. The van der Waals surface area contributed by atoms with Crippen LogP contribution in [0.3, 0.4) is 0 Å². The van der Waals surface area contributed by atoms with Gasteiger partial charge >= 0.3 is 6.03 Å². The number of amides is 2. The Balaban J connectivity index is 2.52. The van der Waals surface area contributed by atoms with Crippen LogP contribution >= 0.6 is 0 Å². The highest BCUT2D eigenvalue weighted by Crippen LogP contribution is 2.11. The molecule has 0 fully saturated rings. The Morgan fingerprint density at radius 3 is 2.55 bits per heavy atom. The Bertz CT molecular complexity index is 556. The zero-order valence-electron chi connectivity index (χ0n) is 11.9. The molecule has 0 heterocycles. The zero-order valence-corrected chi connectivity index (χ0v) is 12.8. The summed E-state index contributed by atoms with van der Waals surface area (Å²) in [6.45, 7) is 4.98. The van der Waals surface area contributed by atoms with Crippen molar-refractivity contribution in [2.75, 3.05) is 17.5 Å². The molecule has 1 aromatic rings. The molecule has 0 saturated carbocycles. The van der Waals surface area contributed by atoms with Crippen LogP contribution in [0.5, 0.6) is 0 Å². The van der Waals surface area contributed by atoms with Crippen LogP contribution in [0.1, 0.15) is 19.4 Å². The molecule has 0 atom stereocenters. The summed E-state index contributed by atoms with van der Waals surface area (Å²) in [5.74, 6) is 0.392. The van der Waals surface area contributed by atoms with Gasteiger partial charge in [0.05, 0.1) is 6.26 Å². The van der Waals surface area contributed by atoms with Crippen molar-refractivity contribution >= 4 is 21.7 Å². The van der Waals surface area contributed by atoms with Gasteiger partial charge in [0.2, 0.25) is 10.0 Å².